The zero-order chi connectivity index (χ0) is 11.4. The molecule has 0 amide bonds. The van der Waals surface area contributed by atoms with Crippen LogP contribution in [0.5, 0.6) is 0 Å². The van der Waals surface area contributed by atoms with Gasteiger partial charge in [0.1, 0.15) is 0 Å². The molecule has 0 saturated heterocycles. The summed E-state index contributed by atoms with van der Waals surface area (Å²) >= 11 is 0. The summed E-state index contributed by atoms with van der Waals surface area (Å²) in [5.41, 5.74) is 0.706. The van der Waals surface area contributed by atoms with Gasteiger partial charge in [0, 0.05) is 6.04 Å². The van der Waals surface area contributed by atoms with Crippen molar-refractivity contribution < 1.29 is 0 Å². The molecule has 0 aromatic rings. The molecule has 2 aliphatic carbocycles. The highest BCUT2D eigenvalue weighted by Crippen LogP contribution is 2.54. The summed E-state index contributed by atoms with van der Waals surface area (Å²) in [5.74, 6) is 1.06. The van der Waals surface area contributed by atoms with Crippen molar-refractivity contribution in [3.63, 3.8) is 0 Å². The molecule has 0 radical (unpaired) electrons. The minimum Gasteiger partial charge on any atom is -0.314 e. The summed E-state index contributed by atoms with van der Waals surface area (Å²) in [5, 5.41) is 3.72. The molecule has 0 spiro atoms. The molecule has 0 aromatic heterocycles. The Morgan fingerprint density at radius 3 is 2.44 bits per heavy atom. The van der Waals surface area contributed by atoms with E-state index in [1.807, 2.05) is 0 Å². The van der Waals surface area contributed by atoms with E-state index < -0.39 is 0 Å². The van der Waals surface area contributed by atoms with E-state index in [2.05, 4.69) is 19.2 Å². The molecule has 16 heavy (non-hydrogen) atoms. The van der Waals surface area contributed by atoms with E-state index in [0.29, 0.717) is 5.41 Å². The molecule has 0 aromatic carbocycles. The lowest BCUT2D eigenvalue weighted by Crippen LogP contribution is -2.36. The molecule has 0 heterocycles. The zero-order valence-electron chi connectivity index (χ0n) is 11.2. The molecule has 2 fully saturated rings. The fourth-order valence-electron chi connectivity index (χ4n) is 3.52. The Morgan fingerprint density at radius 1 is 1.19 bits per heavy atom. The average molecular weight is 223 g/mol. The topological polar surface area (TPSA) is 12.0 Å². The SMILES string of the molecule is CCCNC(C)C1(CC2CCCCC2)CC1. The molecule has 1 heteroatoms. The molecule has 0 aliphatic heterocycles. The van der Waals surface area contributed by atoms with Crippen LogP contribution in [0.15, 0.2) is 0 Å². The Balaban J connectivity index is 1.77. The third kappa shape index (κ3) is 3.00. The Hall–Kier alpha value is -0.0400. The zero-order valence-corrected chi connectivity index (χ0v) is 11.2. The van der Waals surface area contributed by atoms with Gasteiger partial charge in [-0.05, 0) is 50.5 Å². The van der Waals surface area contributed by atoms with Crippen LogP contribution in [0.4, 0.5) is 0 Å². The fourth-order valence-corrected chi connectivity index (χ4v) is 3.52. The first-order valence-electron chi connectivity index (χ1n) is 7.50. The molecular weight excluding hydrogens is 194 g/mol. The first-order chi connectivity index (χ1) is 7.77. The van der Waals surface area contributed by atoms with E-state index in [4.69, 9.17) is 0 Å². The normalized spacial score (nSPS) is 26.6. The maximum Gasteiger partial charge on any atom is 0.00952 e. The van der Waals surface area contributed by atoms with Gasteiger partial charge in [0.25, 0.3) is 0 Å². The second kappa shape index (κ2) is 5.53. The van der Waals surface area contributed by atoms with Gasteiger partial charge in [-0.2, -0.15) is 0 Å². The van der Waals surface area contributed by atoms with Crippen LogP contribution in [-0.2, 0) is 0 Å². The van der Waals surface area contributed by atoms with Gasteiger partial charge in [-0.1, -0.05) is 39.0 Å². The van der Waals surface area contributed by atoms with E-state index in [1.54, 1.807) is 0 Å². The highest BCUT2D eigenvalue weighted by Gasteiger charge is 2.47. The van der Waals surface area contributed by atoms with Crippen LogP contribution < -0.4 is 5.32 Å². The van der Waals surface area contributed by atoms with Crippen molar-refractivity contribution in [1.29, 1.82) is 0 Å². The predicted octanol–water partition coefficient (Wildman–Crippen LogP) is 4.13. The predicted molar refractivity (Wildman–Crippen MR) is 70.6 cm³/mol. The van der Waals surface area contributed by atoms with Crippen LogP contribution in [0, 0.1) is 11.3 Å². The molecule has 1 atom stereocenters. The standard InChI is InChI=1S/C15H29N/c1-3-11-16-13(2)15(9-10-15)12-14-7-5-4-6-8-14/h13-14,16H,3-12H2,1-2H3. The van der Waals surface area contributed by atoms with Crippen molar-refractivity contribution in [2.24, 2.45) is 11.3 Å². The van der Waals surface area contributed by atoms with Gasteiger partial charge in [-0.3, -0.25) is 0 Å². The van der Waals surface area contributed by atoms with Gasteiger partial charge < -0.3 is 5.32 Å². The molecule has 1 unspecified atom stereocenters. The maximum atomic E-state index is 3.72. The Kier molecular flexibility index (Phi) is 4.29. The Bertz CT molecular complexity index is 201. The maximum absolute atomic E-state index is 3.72. The molecule has 0 bridgehead atoms. The van der Waals surface area contributed by atoms with E-state index in [0.717, 1.165) is 12.0 Å². The quantitative estimate of drug-likeness (QED) is 0.714. The van der Waals surface area contributed by atoms with Crippen molar-refractivity contribution in [3.05, 3.63) is 0 Å². The van der Waals surface area contributed by atoms with Gasteiger partial charge in [-0.25, -0.2) is 0 Å². The largest absolute Gasteiger partial charge is 0.314 e. The summed E-state index contributed by atoms with van der Waals surface area (Å²) < 4.78 is 0. The fraction of sp³-hybridized carbons (Fsp3) is 1.00. The van der Waals surface area contributed by atoms with Gasteiger partial charge in [0.15, 0.2) is 0 Å². The number of hydrogen-bond donors (Lipinski definition) is 1. The first kappa shape index (κ1) is 12.4. The Morgan fingerprint density at radius 2 is 1.88 bits per heavy atom. The van der Waals surface area contributed by atoms with Gasteiger partial charge in [0.2, 0.25) is 0 Å². The van der Waals surface area contributed by atoms with E-state index >= 15 is 0 Å². The smallest absolute Gasteiger partial charge is 0.00952 e. The summed E-state index contributed by atoms with van der Waals surface area (Å²) in [6.45, 7) is 5.89. The van der Waals surface area contributed by atoms with Crippen LogP contribution in [0.25, 0.3) is 0 Å². The molecule has 94 valence electrons. The second-order valence-electron chi connectivity index (χ2n) is 6.25. The monoisotopic (exact) mass is 223 g/mol. The highest BCUT2D eigenvalue weighted by molar-refractivity contribution is 5.01. The van der Waals surface area contributed by atoms with Gasteiger partial charge in [-0.15, -0.1) is 0 Å². The third-order valence-electron chi connectivity index (χ3n) is 4.93. The van der Waals surface area contributed by atoms with E-state index in [1.165, 1.54) is 64.3 Å². The Labute approximate surface area is 101 Å². The summed E-state index contributed by atoms with van der Waals surface area (Å²) in [4.78, 5) is 0. The van der Waals surface area contributed by atoms with Crippen LogP contribution >= 0.6 is 0 Å². The van der Waals surface area contributed by atoms with Crippen molar-refractivity contribution in [1.82, 2.24) is 5.32 Å². The van der Waals surface area contributed by atoms with Crippen molar-refractivity contribution in [3.8, 4) is 0 Å². The third-order valence-corrected chi connectivity index (χ3v) is 4.93. The number of rotatable bonds is 6. The number of hydrogen-bond acceptors (Lipinski definition) is 1. The lowest BCUT2D eigenvalue weighted by atomic mass is 9.79. The minimum atomic E-state index is 0.706. The van der Waals surface area contributed by atoms with Crippen LogP contribution in [0.3, 0.4) is 0 Å². The summed E-state index contributed by atoms with van der Waals surface area (Å²) in [6, 6.07) is 0.759. The van der Waals surface area contributed by atoms with Crippen molar-refractivity contribution >= 4 is 0 Å². The van der Waals surface area contributed by atoms with Gasteiger partial charge in [0.05, 0.1) is 0 Å². The number of nitrogens with one attached hydrogen (secondary N) is 1. The molecule has 2 rings (SSSR count). The van der Waals surface area contributed by atoms with Crippen molar-refractivity contribution in [2.45, 2.75) is 77.7 Å². The molecule has 2 aliphatic rings. The molecular formula is C15H29N. The summed E-state index contributed by atoms with van der Waals surface area (Å²) in [6.07, 6.45) is 13.3. The van der Waals surface area contributed by atoms with Crippen LogP contribution in [0.2, 0.25) is 0 Å². The highest BCUT2D eigenvalue weighted by atomic mass is 14.9. The van der Waals surface area contributed by atoms with Gasteiger partial charge >= 0.3 is 0 Å². The molecule has 1 N–H and O–H groups in total. The lowest BCUT2D eigenvalue weighted by molar-refractivity contribution is 0.234. The van der Waals surface area contributed by atoms with E-state index in [9.17, 15) is 0 Å². The second-order valence-corrected chi connectivity index (χ2v) is 6.25. The minimum absolute atomic E-state index is 0.706. The summed E-state index contributed by atoms with van der Waals surface area (Å²) in [7, 11) is 0. The van der Waals surface area contributed by atoms with Crippen molar-refractivity contribution in [2.75, 3.05) is 6.54 Å². The lowest BCUT2D eigenvalue weighted by Gasteiger charge is -2.31. The first-order valence-corrected chi connectivity index (χ1v) is 7.50. The van der Waals surface area contributed by atoms with E-state index in [-0.39, 0.29) is 0 Å². The van der Waals surface area contributed by atoms with Crippen LogP contribution in [0.1, 0.15) is 71.6 Å². The van der Waals surface area contributed by atoms with Crippen LogP contribution in [-0.4, -0.2) is 12.6 Å². The molecule has 1 nitrogen and oxygen atoms in total. The molecule has 2 saturated carbocycles. The average Bonchev–Trinajstić information content (AvgIpc) is 3.08.